The predicted molar refractivity (Wildman–Crippen MR) is 95.1 cm³/mol. The van der Waals surface area contributed by atoms with Crippen LogP contribution in [0.2, 0.25) is 0 Å². The highest BCUT2D eigenvalue weighted by atomic mass is 16.5. The molecular weight excluding hydrogens is 318 g/mol. The molecule has 1 aromatic rings. The number of amides is 1. The number of likely N-dealkylation sites (tertiary alicyclic amines) is 1. The van der Waals surface area contributed by atoms with Crippen molar-refractivity contribution in [1.29, 1.82) is 0 Å². The van der Waals surface area contributed by atoms with Crippen LogP contribution in [-0.4, -0.2) is 60.3 Å². The van der Waals surface area contributed by atoms with Gasteiger partial charge in [0, 0.05) is 13.0 Å². The van der Waals surface area contributed by atoms with Gasteiger partial charge in [-0.25, -0.2) is 5.01 Å². The summed E-state index contributed by atoms with van der Waals surface area (Å²) >= 11 is 0. The zero-order valence-corrected chi connectivity index (χ0v) is 14.7. The molecule has 1 aromatic carbocycles. The van der Waals surface area contributed by atoms with E-state index in [1.807, 2.05) is 42.2 Å². The van der Waals surface area contributed by atoms with Gasteiger partial charge in [0.1, 0.15) is 0 Å². The average molecular weight is 343 g/mol. The molecule has 0 aliphatic carbocycles. The van der Waals surface area contributed by atoms with E-state index in [1.54, 1.807) is 5.01 Å². The molecule has 2 aliphatic rings. The lowest BCUT2D eigenvalue weighted by atomic mass is 9.98. The number of rotatable bonds is 5. The molecule has 134 valence electrons. The summed E-state index contributed by atoms with van der Waals surface area (Å²) in [5.41, 5.74) is 2.02. The predicted octanol–water partition coefficient (Wildman–Crippen LogP) is 1.90. The first-order valence-electron chi connectivity index (χ1n) is 8.99. The molecule has 2 heterocycles. The lowest BCUT2D eigenvalue weighted by molar-refractivity contribution is -0.150. The van der Waals surface area contributed by atoms with Gasteiger partial charge >= 0.3 is 5.97 Å². The molecule has 0 radical (unpaired) electrons. The minimum Gasteiger partial charge on any atom is -0.466 e. The Balaban J connectivity index is 1.55. The lowest BCUT2D eigenvalue weighted by Gasteiger charge is -2.31. The van der Waals surface area contributed by atoms with Crippen molar-refractivity contribution >= 4 is 17.6 Å². The minimum atomic E-state index is -0.148. The van der Waals surface area contributed by atoms with Crippen molar-refractivity contribution in [2.24, 2.45) is 11.0 Å². The topological polar surface area (TPSA) is 62.2 Å². The van der Waals surface area contributed by atoms with Crippen LogP contribution in [0.4, 0.5) is 0 Å². The van der Waals surface area contributed by atoms with Crippen molar-refractivity contribution in [3.8, 4) is 0 Å². The fourth-order valence-corrected chi connectivity index (χ4v) is 3.40. The fourth-order valence-electron chi connectivity index (χ4n) is 3.40. The number of hydrazone groups is 1. The maximum absolute atomic E-state index is 12.6. The van der Waals surface area contributed by atoms with Crippen molar-refractivity contribution in [1.82, 2.24) is 9.91 Å². The second-order valence-corrected chi connectivity index (χ2v) is 6.51. The highest BCUT2D eigenvalue weighted by Gasteiger charge is 2.29. The molecular formula is C19H25N3O3. The Labute approximate surface area is 148 Å². The van der Waals surface area contributed by atoms with E-state index in [0.717, 1.165) is 37.1 Å². The third-order valence-corrected chi connectivity index (χ3v) is 4.68. The molecule has 6 nitrogen and oxygen atoms in total. The Morgan fingerprint density at radius 1 is 1.24 bits per heavy atom. The molecule has 1 saturated heterocycles. The van der Waals surface area contributed by atoms with Gasteiger partial charge in [-0.3, -0.25) is 14.5 Å². The van der Waals surface area contributed by atoms with Crippen molar-refractivity contribution in [3.05, 3.63) is 35.9 Å². The van der Waals surface area contributed by atoms with Crippen molar-refractivity contribution in [2.45, 2.75) is 26.2 Å². The Morgan fingerprint density at radius 2 is 2.04 bits per heavy atom. The summed E-state index contributed by atoms with van der Waals surface area (Å²) in [4.78, 5) is 26.5. The summed E-state index contributed by atoms with van der Waals surface area (Å²) < 4.78 is 5.11. The molecule has 1 fully saturated rings. The summed E-state index contributed by atoms with van der Waals surface area (Å²) in [5, 5.41) is 6.06. The van der Waals surface area contributed by atoms with Crippen molar-refractivity contribution in [2.75, 3.05) is 32.8 Å². The molecule has 6 heteroatoms. The van der Waals surface area contributed by atoms with Gasteiger partial charge in [-0.2, -0.15) is 5.10 Å². The van der Waals surface area contributed by atoms with Crippen LogP contribution in [0.15, 0.2) is 35.4 Å². The number of benzene rings is 1. The largest absolute Gasteiger partial charge is 0.466 e. The summed E-state index contributed by atoms with van der Waals surface area (Å²) in [5.74, 6) is -0.274. The number of nitrogens with zero attached hydrogens (tertiary/aromatic N) is 3. The second-order valence-electron chi connectivity index (χ2n) is 6.51. The van der Waals surface area contributed by atoms with Crippen molar-refractivity contribution in [3.63, 3.8) is 0 Å². The van der Waals surface area contributed by atoms with Crippen LogP contribution in [-0.2, 0) is 14.3 Å². The first-order valence-corrected chi connectivity index (χ1v) is 8.99. The van der Waals surface area contributed by atoms with Crippen LogP contribution in [0, 0.1) is 5.92 Å². The van der Waals surface area contributed by atoms with Crippen LogP contribution in [0.1, 0.15) is 31.7 Å². The Bertz CT molecular complexity index is 645. The number of piperidine rings is 1. The zero-order valence-electron chi connectivity index (χ0n) is 14.7. The van der Waals surface area contributed by atoms with E-state index in [4.69, 9.17) is 4.74 Å². The third kappa shape index (κ3) is 4.45. The van der Waals surface area contributed by atoms with E-state index < -0.39 is 0 Å². The van der Waals surface area contributed by atoms with Crippen LogP contribution in [0.5, 0.6) is 0 Å². The quantitative estimate of drug-likeness (QED) is 0.766. The van der Waals surface area contributed by atoms with Crippen LogP contribution < -0.4 is 0 Å². The van der Waals surface area contributed by atoms with E-state index in [0.29, 0.717) is 26.2 Å². The van der Waals surface area contributed by atoms with Gasteiger partial charge in [-0.15, -0.1) is 0 Å². The first kappa shape index (κ1) is 17.6. The number of carbonyl (C=O) groups is 2. The van der Waals surface area contributed by atoms with E-state index in [9.17, 15) is 9.59 Å². The van der Waals surface area contributed by atoms with Gasteiger partial charge < -0.3 is 4.74 Å². The zero-order chi connectivity index (χ0) is 17.6. The smallest absolute Gasteiger partial charge is 0.310 e. The number of hydrogen-bond donors (Lipinski definition) is 0. The molecule has 2 aliphatic heterocycles. The van der Waals surface area contributed by atoms with Gasteiger partial charge in [-0.05, 0) is 31.9 Å². The molecule has 1 amide bonds. The summed E-state index contributed by atoms with van der Waals surface area (Å²) in [6, 6.07) is 9.96. The number of hydrogen-bond acceptors (Lipinski definition) is 5. The maximum atomic E-state index is 12.6. The highest BCUT2D eigenvalue weighted by Crippen LogP contribution is 2.19. The summed E-state index contributed by atoms with van der Waals surface area (Å²) in [6.45, 7) is 4.58. The second kappa shape index (κ2) is 8.25. The van der Waals surface area contributed by atoms with Gasteiger partial charge in [-0.1, -0.05) is 30.3 Å². The molecule has 0 N–H and O–H groups in total. The Morgan fingerprint density at radius 3 is 2.80 bits per heavy atom. The van der Waals surface area contributed by atoms with E-state index in [-0.39, 0.29) is 17.8 Å². The average Bonchev–Trinajstić information content (AvgIpc) is 3.13. The molecule has 1 atom stereocenters. The van der Waals surface area contributed by atoms with Gasteiger partial charge in [0.15, 0.2) is 0 Å². The maximum Gasteiger partial charge on any atom is 0.310 e. The number of ether oxygens (including phenoxy) is 1. The molecule has 0 bridgehead atoms. The molecule has 25 heavy (non-hydrogen) atoms. The van der Waals surface area contributed by atoms with E-state index in [1.165, 1.54) is 0 Å². The van der Waals surface area contributed by atoms with Gasteiger partial charge in [0.25, 0.3) is 5.91 Å². The van der Waals surface area contributed by atoms with Gasteiger partial charge in [0.05, 0.1) is 31.3 Å². The SMILES string of the molecule is CCOC(=O)C1CCCN(CC(=O)N2CCC(c3ccccc3)=N2)C1. The lowest BCUT2D eigenvalue weighted by Crippen LogP contribution is -2.44. The molecule has 3 rings (SSSR count). The Kier molecular flexibility index (Phi) is 5.81. The van der Waals surface area contributed by atoms with E-state index >= 15 is 0 Å². The van der Waals surface area contributed by atoms with Crippen molar-refractivity contribution < 1.29 is 14.3 Å². The first-order chi connectivity index (χ1) is 12.2. The molecule has 0 saturated carbocycles. The van der Waals surface area contributed by atoms with Crippen LogP contribution in [0.25, 0.3) is 0 Å². The Hall–Kier alpha value is -2.21. The third-order valence-electron chi connectivity index (χ3n) is 4.68. The van der Waals surface area contributed by atoms with Gasteiger partial charge in [0.2, 0.25) is 0 Å². The number of carbonyl (C=O) groups excluding carboxylic acids is 2. The normalized spacial score (nSPS) is 21.1. The highest BCUT2D eigenvalue weighted by molar-refractivity contribution is 6.02. The van der Waals surface area contributed by atoms with Crippen LogP contribution in [0.3, 0.4) is 0 Å². The molecule has 0 aromatic heterocycles. The molecule has 1 unspecified atom stereocenters. The summed E-state index contributed by atoms with van der Waals surface area (Å²) in [7, 11) is 0. The van der Waals surface area contributed by atoms with E-state index in [2.05, 4.69) is 5.10 Å². The monoisotopic (exact) mass is 343 g/mol. The molecule has 0 spiro atoms. The standard InChI is InChI=1S/C19H25N3O3/c1-2-25-19(24)16-9-6-11-21(13-16)14-18(23)22-12-10-17(20-22)15-7-4-3-5-8-15/h3-5,7-8,16H,2,6,9-14H2,1H3. The van der Waals surface area contributed by atoms with Crippen LogP contribution >= 0.6 is 0 Å². The minimum absolute atomic E-state index is 0.00422. The number of esters is 1. The summed E-state index contributed by atoms with van der Waals surface area (Å²) in [6.07, 6.45) is 2.53. The fraction of sp³-hybridized carbons (Fsp3) is 0.526.